The van der Waals surface area contributed by atoms with Crippen molar-refractivity contribution in [3.63, 3.8) is 0 Å². The van der Waals surface area contributed by atoms with Crippen LogP contribution in [0.15, 0.2) is 41.5 Å². The summed E-state index contributed by atoms with van der Waals surface area (Å²) < 4.78 is 14.0. The van der Waals surface area contributed by atoms with Crippen LogP contribution < -0.4 is 4.74 Å². The fourth-order valence-electron chi connectivity index (χ4n) is 1.58. The van der Waals surface area contributed by atoms with Gasteiger partial charge in [0.05, 0.1) is 18.6 Å². The summed E-state index contributed by atoms with van der Waals surface area (Å²) in [6.07, 6.45) is -0.501. The molecule has 0 N–H and O–H groups in total. The predicted octanol–water partition coefficient (Wildman–Crippen LogP) is 1.89. The first-order chi connectivity index (χ1) is 11.0. The van der Waals surface area contributed by atoms with Crippen molar-refractivity contribution in [2.45, 2.75) is 13.3 Å². The molecule has 0 saturated carbocycles. The number of aldehydes is 1. The maximum absolute atomic E-state index is 11.9. The number of halogens is 1. The van der Waals surface area contributed by atoms with Gasteiger partial charge in [-0.2, -0.15) is 0 Å². The minimum Gasteiger partial charge on any atom is -0.462 e. The van der Waals surface area contributed by atoms with Gasteiger partial charge in [-0.3, -0.25) is 9.59 Å². The van der Waals surface area contributed by atoms with Crippen LogP contribution in [0.1, 0.15) is 13.3 Å². The number of carbonyl (C=O) groups excluding carboxylic acids is 4. The van der Waals surface area contributed by atoms with Gasteiger partial charge in [0.25, 0.3) is 0 Å². The third kappa shape index (κ3) is 5.67. The van der Waals surface area contributed by atoms with E-state index < -0.39 is 35.5 Å². The quantitative estimate of drug-likeness (QED) is 0.177. The Hall–Kier alpha value is -2.48. The van der Waals surface area contributed by atoms with E-state index in [1.54, 1.807) is 18.2 Å². The zero-order chi connectivity index (χ0) is 17.2. The van der Waals surface area contributed by atoms with Crippen LogP contribution in [0.4, 0.5) is 0 Å². The first-order valence-electron chi connectivity index (χ1n) is 6.47. The highest BCUT2D eigenvalue weighted by Gasteiger charge is 2.26. The summed E-state index contributed by atoms with van der Waals surface area (Å²) in [4.78, 5) is 46.4. The van der Waals surface area contributed by atoms with Crippen LogP contribution in [0.25, 0.3) is 0 Å². The van der Waals surface area contributed by atoms with Crippen molar-refractivity contribution in [3.8, 4) is 5.75 Å². The fourth-order valence-corrected chi connectivity index (χ4v) is 1.77. The third-order valence-electron chi connectivity index (χ3n) is 2.55. The Labute approximate surface area is 140 Å². The van der Waals surface area contributed by atoms with Gasteiger partial charge in [-0.1, -0.05) is 18.2 Å². The van der Waals surface area contributed by atoms with E-state index in [1.807, 2.05) is 0 Å². The summed E-state index contributed by atoms with van der Waals surface area (Å²) in [6.45, 7) is 1.54. The fraction of sp³-hybridized carbons (Fsp3) is 0.200. The molecule has 0 amide bonds. The Morgan fingerprint density at radius 3 is 2.30 bits per heavy atom. The molecule has 0 spiro atoms. The Kier molecular flexibility index (Phi) is 7.69. The molecule has 0 fully saturated rings. The summed E-state index contributed by atoms with van der Waals surface area (Å²) in [6, 6.07) is 8.12. The molecule has 0 bridgehead atoms. The summed E-state index contributed by atoms with van der Waals surface area (Å²) in [5, 5.41) is 0. The molecule has 1 aromatic carbocycles. The monoisotopic (exact) mass is 384 g/mol. The Bertz CT molecular complexity index is 622. The van der Waals surface area contributed by atoms with E-state index >= 15 is 0 Å². The van der Waals surface area contributed by atoms with Crippen LogP contribution in [-0.2, 0) is 27.7 Å². The largest absolute Gasteiger partial charge is 0.462 e. The average molecular weight is 385 g/mol. The second-order valence-electron chi connectivity index (χ2n) is 4.06. The molecule has 0 aliphatic heterocycles. The van der Waals surface area contributed by atoms with Gasteiger partial charge in [-0.25, -0.2) is 9.59 Å². The SMILES string of the molecule is CCOC(=O)/C(C=O)=C(\CC(=O)Oc1ccccc1)C(=O)OBr. The van der Waals surface area contributed by atoms with E-state index in [-0.39, 0.29) is 18.6 Å². The number of hydrogen-bond donors (Lipinski definition) is 0. The molecule has 23 heavy (non-hydrogen) atoms. The highest BCUT2D eigenvalue weighted by Crippen LogP contribution is 2.16. The van der Waals surface area contributed by atoms with Crippen molar-refractivity contribution in [3.05, 3.63) is 41.5 Å². The van der Waals surface area contributed by atoms with Gasteiger partial charge in [0, 0.05) is 0 Å². The van der Waals surface area contributed by atoms with Crippen LogP contribution in [-0.4, -0.2) is 30.8 Å². The van der Waals surface area contributed by atoms with Gasteiger partial charge in [-0.15, -0.1) is 0 Å². The van der Waals surface area contributed by atoms with Crippen LogP contribution in [0.3, 0.4) is 0 Å². The standard InChI is InChI=1S/C15H13BrO7/c1-2-21-14(19)12(9-17)11(15(20)23-16)8-13(18)22-10-6-4-3-5-7-10/h3-7,9H,2,8H2,1H3/b12-11+. The highest BCUT2D eigenvalue weighted by atomic mass is 79.9. The van der Waals surface area contributed by atoms with Gasteiger partial charge in [-0.05, 0) is 19.1 Å². The van der Waals surface area contributed by atoms with Gasteiger partial charge < -0.3 is 13.3 Å². The van der Waals surface area contributed by atoms with E-state index in [4.69, 9.17) is 4.74 Å². The normalized spacial score (nSPS) is 11.0. The topological polar surface area (TPSA) is 96.0 Å². The molecule has 1 rings (SSSR count). The van der Waals surface area contributed by atoms with Crippen LogP contribution in [0.2, 0.25) is 0 Å². The second-order valence-corrected chi connectivity index (χ2v) is 4.38. The van der Waals surface area contributed by atoms with Gasteiger partial charge in [0.1, 0.15) is 11.3 Å². The molecular weight excluding hydrogens is 372 g/mol. The van der Waals surface area contributed by atoms with Crippen LogP contribution in [0.5, 0.6) is 5.75 Å². The highest BCUT2D eigenvalue weighted by molar-refractivity contribution is 9.06. The first-order valence-corrected chi connectivity index (χ1v) is 7.12. The number of benzene rings is 1. The number of rotatable bonds is 7. The summed E-state index contributed by atoms with van der Waals surface area (Å²) in [5.41, 5.74) is -1.06. The average Bonchev–Trinajstić information content (AvgIpc) is 2.55. The van der Waals surface area contributed by atoms with Crippen molar-refractivity contribution in [1.82, 2.24) is 0 Å². The van der Waals surface area contributed by atoms with Crippen LogP contribution >= 0.6 is 16.3 Å². The molecule has 8 heteroatoms. The number of ether oxygens (including phenoxy) is 2. The molecule has 0 aromatic heterocycles. The Morgan fingerprint density at radius 1 is 1.13 bits per heavy atom. The lowest BCUT2D eigenvalue weighted by Crippen LogP contribution is -2.20. The lowest BCUT2D eigenvalue weighted by molar-refractivity contribution is -0.140. The molecule has 0 radical (unpaired) electrons. The molecule has 0 unspecified atom stereocenters. The number of hydrogen-bond acceptors (Lipinski definition) is 7. The van der Waals surface area contributed by atoms with E-state index in [0.29, 0.717) is 0 Å². The summed E-state index contributed by atoms with van der Waals surface area (Å²) in [7, 11) is 0. The number of carbonyl (C=O) groups is 4. The smallest absolute Gasteiger partial charge is 0.347 e. The van der Waals surface area contributed by atoms with Crippen LogP contribution in [0, 0.1) is 0 Å². The lowest BCUT2D eigenvalue weighted by Gasteiger charge is -2.08. The maximum Gasteiger partial charge on any atom is 0.347 e. The molecule has 0 atom stereocenters. The van der Waals surface area contributed by atoms with Gasteiger partial charge in [0.2, 0.25) is 0 Å². The Morgan fingerprint density at radius 2 is 1.78 bits per heavy atom. The van der Waals surface area contributed by atoms with Gasteiger partial charge >= 0.3 is 17.9 Å². The molecule has 1 aromatic rings. The van der Waals surface area contributed by atoms with Crippen molar-refractivity contribution in [1.29, 1.82) is 0 Å². The van der Waals surface area contributed by atoms with E-state index in [2.05, 4.69) is 24.8 Å². The number of para-hydroxylation sites is 1. The number of esters is 2. The molecule has 122 valence electrons. The Balaban J connectivity index is 3.02. The van der Waals surface area contributed by atoms with Crippen molar-refractivity contribution in [2.75, 3.05) is 6.61 Å². The van der Waals surface area contributed by atoms with Crippen molar-refractivity contribution >= 4 is 40.5 Å². The van der Waals surface area contributed by atoms with E-state index in [9.17, 15) is 19.2 Å². The zero-order valence-electron chi connectivity index (χ0n) is 12.1. The maximum atomic E-state index is 11.9. The summed E-state index contributed by atoms with van der Waals surface area (Å²) in [5.74, 6) is -2.67. The molecule has 7 nitrogen and oxygen atoms in total. The predicted molar refractivity (Wildman–Crippen MR) is 81.4 cm³/mol. The molecule has 0 saturated heterocycles. The van der Waals surface area contributed by atoms with E-state index in [1.165, 1.54) is 19.1 Å². The van der Waals surface area contributed by atoms with Gasteiger partial charge in [0.15, 0.2) is 22.5 Å². The van der Waals surface area contributed by atoms with E-state index in [0.717, 1.165) is 0 Å². The molecule has 0 aliphatic carbocycles. The summed E-state index contributed by atoms with van der Waals surface area (Å²) >= 11 is 2.45. The molecule has 0 aliphatic rings. The van der Waals surface area contributed by atoms with Crippen molar-refractivity contribution in [2.24, 2.45) is 0 Å². The van der Waals surface area contributed by atoms with Crippen molar-refractivity contribution < 1.29 is 32.5 Å². The second kappa shape index (κ2) is 9.52. The minimum absolute atomic E-state index is 0.00127. The molecular formula is C15H13BrO7. The lowest BCUT2D eigenvalue weighted by atomic mass is 10.1. The molecule has 0 heterocycles. The minimum atomic E-state index is -1.06. The third-order valence-corrected chi connectivity index (χ3v) is 2.84. The zero-order valence-corrected chi connectivity index (χ0v) is 13.7. The first kappa shape index (κ1) is 18.6.